The highest BCUT2D eigenvalue weighted by Gasteiger charge is 2.62. The van der Waals surface area contributed by atoms with E-state index in [-0.39, 0.29) is 35.4 Å². The molecule has 0 bridgehead atoms. The van der Waals surface area contributed by atoms with Crippen LogP contribution >= 0.6 is 0 Å². The molecule has 76 heavy (non-hydrogen) atoms. The van der Waals surface area contributed by atoms with E-state index in [0.29, 0.717) is 25.7 Å². The van der Waals surface area contributed by atoms with Crippen LogP contribution in [0.5, 0.6) is 0 Å². The van der Waals surface area contributed by atoms with Gasteiger partial charge in [-0.3, -0.25) is 9.35 Å². The summed E-state index contributed by atoms with van der Waals surface area (Å²) in [5, 5.41) is 121. The molecule has 0 aromatic rings. The maximum Gasteiger partial charge on any atom is 0.397 e. The van der Waals surface area contributed by atoms with Gasteiger partial charge in [0.05, 0.1) is 43.7 Å². The molecule has 3 saturated carbocycles. The Bertz CT molecular complexity index is 2180. The average Bonchev–Trinajstić information content (AvgIpc) is 3.75. The van der Waals surface area contributed by atoms with Crippen LogP contribution in [0.4, 0.5) is 0 Å². The third-order valence-electron chi connectivity index (χ3n) is 18.5. The number of hydrogen-bond acceptors (Lipinski definition) is 25. The van der Waals surface area contributed by atoms with E-state index >= 15 is 0 Å². The molecule has 26 nitrogen and oxygen atoms in total. The Balaban J connectivity index is 0.970. The molecule has 9 rings (SSSR count). The van der Waals surface area contributed by atoms with E-state index in [4.69, 9.17) is 51.6 Å². The van der Waals surface area contributed by atoms with Gasteiger partial charge in [0.15, 0.2) is 31.5 Å². The highest BCUT2D eigenvalue weighted by Crippen LogP contribution is 2.66. The third-order valence-corrected chi connectivity index (χ3v) is 19.0. The summed E-state index contributed by atoms with van der Waals surface area (Å²) in [4.78, 5) is 13.0. The van der Waals surface area contributed by atoms with E-state index in [1.807, 2.05) is 0 Å². The molecule has 16 unspecified atom stereocenters. The second-order valence-corrected chi connectivity index (χ2v) is 24.2. The zero-order valence-electron chi connectivity index (χ0n) is 43.2. The second kappa shape index (κ2) is 22.6. The lowest BCUT2D eigenvalue weighted by Crippen LogP contribution is -2.66. The molecule has 4 aliphatic carbocycles. The number of aliphatic hydroxyl groups is 11. The van der Waals surface area contributed by atoms with Gasteiger partial charge in [-0.25, -0.2) is 4.18 Å². The molecule has 436 valence electrons. The van der Waals surface area contributed by atoms with Crippen LogP contribution in [0.15, 0.2) is 11.6 Å². The molecule has 27 heteroatoms. The van der Waals surface area contributed by atoms with Crippen LogP contribution in [0.3, 0.4) is 0 Å². The van der Waals surface area contributed by atoms with Gasteiger partial charge in [0.25, 0.3) is 0 Å². The molecule has 31 atom stereocenters. The quantitative estimate of drug-likeness (QED) is 0.0638. The summed E-state index contributed by atoms with van der Waals surface area (Å²) in [5.74, 6) is -0.445. The number of ketones is 1. The van der Waals surface area contributed by atoms with Gasteiger partial charge in [0.2, 0.25) is 0 Å². The van der Waals surface area contributed by atoms with Gasteiger partial charge >= 0.3 is 10.4 Å². The Hall–Kier alpha value is -1.56. The minimum atomic E-state index is -4.83. The van der Waals surface area contributed by atoms with Crippen molar-refractivity contribution in [2.75, 3.05) is 13.2 Å². The lowest BCUT2D eigenvalue weighted by Gasteiger charge is -2.59. The minimum Gasteiger partial charge on any atom is -0.388 e. The lowest BCUT2D eigenvalue weighted by molar-refractivity contribution is -0.394. The zero-order chi connectivity index (χ0) is 55.2. The Labute approximate surface area is 439 Å². The fraction of sp³-hybridized carbons (Fsp3) is 0.939. The van der Waals surface area contributed by atoms with Crippen molar-refractivity contribution in [2.45, 2.75) is 240 Å². The van der Waals surface area contributed by atoms with E-state index in [1.54, 1.807) is 6.92 Å². The van der Waals surface area contributed by atoms with Crippen molar-refractivity contribution in [3.05, 3.63) is 11.6 Å². The van der Waals surface area contributed by atoms with Crippen LogP contribution < -0.4 is 0 Å². The van der Waals surface area contributed by atoms with E-state index in [0.717, 1.165) is 12.8 Å². The van der Waals surface area contributed by atoms with Crippen LogP contribution in [-0.2, 0) is 66.7 Å². The van der Waals surface area contributed by atoms with Gasteiger partial charge in [-0.15, -0.1) is 0 Å². The van der Waals surface area contributed by atoms with Crippen molar-refractivity contribution in [3.8, 4) is 0 Å². The van der Waals surface area contributed by atoms with Gasteiger partial charge in [-0.2, -0.15) is 8.42 Å². The third kappa shape index (κ3) is 11.1. The summed E-state index contributed by atoms with van der Waals surface area (Å²) < 4.78 is 99.4. The number of rotatable bonds is 13. The Morgan fingerprint density at radius 1 is 0.579 bits per heavy atom. The Morgan fingerprint density at radius 3 is 1.70 bits per heavy atom. The number of hydrogen-bond donors (Lipinski definition) is 12. The van der Waals surface area contributed by atoms with Gasteiger partial charge in [0.1, 0.15) is 97.3 Å². The lowest BCUT2D eigenvalue weighted by atomic mass is 9.48. The zero-order valence-corrected chi connectivity index (χ0v) is 44.0. The number of carbonyl (C=O) groups is 1. The van der Waals surface area contributed by atoms with E-state index in [1.165, 1.54) is 26.3 Å². The Kier molecular flexibility index (Phi) is 17.6. The van der Waals surface area contributed by atoms with Crippen molar-refractivity contribution in [3.63, 3.8) is 0 Å². The number of Topliss-reactive ketones (excluding diaryl/α,β-unsaturated/α-hetero) is 1. The SMILES string of the molecule is CC(=O)[C@H]1CCC2C3C[C@H](O[C@@H]4OC(C)[C@@H](O)C(O[C@@H]5OC[C@@H](O[C@@H]6OC[C@H](O)C(O)C6OC6OC(C)[C@H](O)C(O)[C@@H]6O)C(O)C5O[C@@H]5OC(C)[C@@H](O)C(O)C5O)C4O)C4C[C@@H](OS(=O)(=O)O)CC[C@]4(C)C3=CC[C@@]21C. The fourth-order valence-corrected chi connectivity index (χ4v) is 14.6. The number of allylic oxidation sites excluding steroid dienone is 2. The molecule has 0 aromatic carbocycles. The predicted octanol–water partition coefficient (Wildman–Crippen LogP) is -3.20. The summed E-state index contributed by atoms with van der Waals surface area (Å²) in [6.07, 6.45) is -33.5. The van der Waals surface area contributed by atoms with Crippen LogP contribution in [0.25, 0.3) is 0 Å². The molecule has 0 aromatic heterocycles. The molecule has 12 N–H and O–H groups in total. The maximum absolute atomic E-state index is 13.0. The standard InChI is InChI=1S/C49H78O26S/c1-17(50)23-7-8-24-22-14-28(26-13-21(75-76(62,63)64)9-11-49(26,6)25(22)10-12-48(23,24)5)70-45-39(61)40(32(54)20(4)69-45)72-47-42(74-44-38(60)36(58)31(53)19(3)68-44)34(56)29(16-66-47)71-46-41(33(55)27(51)15-65-46)73-43-37(59)35(57)30(52)18(2)67-43/h10,18-24,26-47,51-61H,7-9,11-16H2,1-6H3,(H,62,63,64)/t18?,19?,20?,21-,22?,23+,24?,26?,27-,28-,29+,30-,31+,32+,33?,34?,35?,36?,37-,38?,39?,40?,41?,42?,43?,44-,45-,46-,47-,48+,49+/m0/s1. The topological polar surface area (TPSA) is 396 Å². The number of aliphatic hydroxyl groups excluding tert-OH is 11. The van der Waals surface area contributed by atoms with Crippen molar-refractivity contribution < 1.29 is 125 Å². The normalized spacial score (nSPS) is 54.0. The summed E-state index contributed by atoms with van der Waals surface area (Å²) in [6, 6.07) is 0. The smallest absolute Gasteiger partial charge is 0.388 e. The van der Waals surface area contributed by atoms with Crippen LogP contribution in [0, 0.1) is 34.5 Å². The highest BCUT2D eigenvalue weighted by molar-refractivity contribution is 7.80. The first-order valence-corrected chi connectivity index (χ1v) is 27.8. The molecule has 0 radical (unpaired) electrons. The molecule has 5 heterocycles. The van der Waals surface area contributed by atoms with Crippen LogP contribution in [-0.4, -0.2) is 242 Å². The molecule has 5 saturated heterocycles. The van der Waals surface area contributed by atoms with E-state index in [2.05, 4.69) is 19.9 Å². The van der Waals surface area contributed by atoms with Crippen molar-refractivity contribution in [2.24, 2.45) is 34.5 Å². The van der Waals surface area contributed by atoms with Gasteiger partial charge < -0.3 is 104 Å². The van der Waals surface area contributed by atoms with Crippen molar-refractivity contribution in [1.82, 2.24) is 0 Å². The molecule has 5 aliphatic heterocycles. The maximum atomic E-state index is 13.0. The van der Waals surface area contributed by atoms with Crippen LogP contribution in [0.2, 0.25) is 0 Å². The highest BCUT2D eigenvalue weighted by atomic mass is 32.3. The van der Waals surface area contributed by atoms with Crippen molar-refractivity contribution >= 4 is 16.2 Å². The van der Waals surface area contributed by atoms with Gasteiger partial charge in [-0.1, -0.05) is 25.5 Å². The van der Waals surface area contributed by atoms with E-state index in [9.17, 15) is 73.9 Å². The number of carbonyl (C=O) groups excluding carboxylic acids is 1. The molecular formula is C49H78O26S. The summed E-state index contributed by atoms with van der Waals surface area (Å²) >= 11 is 0. The predicted molar refractivity (Wildman–Crippen MR) is 251 cm³/mol. The minimum absolute atomic E-state index is 0.0684. The van der Waals surface area contributed by atoms with Gasteiger partial charge in [-0.05, 0) is 101 Å². The summed E-state index contributed by atoms with van der Waals surface area (Å²) in [5.41, 5.74) is 0.283. The first-order chi connectivity index (χ1) is 35.6. The first kappa shape index (κ1) is 59.1. The average molecular weight is 1120 g/mol. The number of ether oxygens (including phenoxy) is 10. The molecule has 9 aliphatic rings. The molecule has 8 fully saturated rings. The van der Waals surface area contributed by atoms with E-state index < -0.39 is 188 Å². The molecular weight excluding hydrogens is 1040 g/mol. The van der Waals surface area contributed by atoms with Crippen molar-refractivity contribution in [1.29, 1.82) is 0 Å². The first-order valence-electron chi connectivity index (χ1n) is 26.5. The van der Waals surface area contributed by atoms with Crippen LogP contribution in [0.1, 0.15) is 86.5 Å². The summed E-state index contributed by atoms with van der Waals surface area (Å²) in [7, 11) is -4.83. The molecule has 0 amide bonds. The van der Waals surface area contributed by atoms with Gasteiger partial charge in [0, 0.05) is 5.92 Å². The monoisotopic (exact) mass is 1110 g/mol. The fourth-order valence-electron chi connectivity index (χ4n) is 14.1. The largest absolute Gasteiger partial charge is 0.397 e. The summed E-state index contributed by atoms with van der Waals surface area (Å²) in [6.45, 7) is 9.04. The second-order valence-electron chi connectivity index (χ2n) is 23.2. The Morgan fingerprint density at radius 2 is 1.11 bits per heavy atom. The number of fused-ring (bicyclic) bond motifs is 5. The molecule has 0 spiro atoms.